The predicted octanol–water partition coefficient (Wildman–Crippen LogP) is 5.25. The van der Waals surface area contributed by atoms with E-state index in [1.807, 2.05) is 30.3 Å². The zero-order valence-corrected chi connectivity index (χ0v) is 14.2. The van der Waals surface area contributed by atoms with Gasteiger partial charge in [-0.15, -0.1) is 13.2 Å². The third-order valence-electron chi connectivity index (χ3n) is 3.89. The molecule has 0 saturated carbocycles. The molecule has 3 nitrogen and oxygen atoms in total. The van der Waals surface area contributed by atoms with Gasteiger partial charge in [-0.25, -0.2) is 0 Å². The summed E-state index contributed by atoms with van der Waals surface area (Å²) in [5.41, 5.74) is 1.29. The van der Waals surface area contributed by atoms with Gasteiger partial charge >= 0.3 is 6.36 Å². The molecule has 0 aliphatic heterocycles. The van der Waals surface area contributed by atoms with Crippen LogP contribution in [-0.4, -0.2) is 11.5 Å². The van der Waals surface area contributed by atoms with E-state index in [2.05, 4.69) is 4.74 Å². The van der Waals surface area contributed by atoms with Crippen molar-refractivity contribution >= 4 is 0 Å². The van der Waals surface area contributed by atoms with Gasteiger partial charge in [-0.1, -0.05) is 66.7 Å². The zero-order chi connectivity index (χ0) is 19.3. The maximum atomic E-state index is 12.6. The first kappa shape index (κ1) is 18.8. The fourth-order valence-corrected chi connectivity index (χ4v) is 2.66. The van der Waals surface area contributed by atoms with Crippen molar-refractivity contribution in [2.75, 3.05) is 0 Å². The molecule has 27 heavy (non-hydrogen) atoms. The van der Waals surface area contributed by atoms with Crippen LogP contribution in [0, 0.1) is 0 Å². The van der Waals surface area contributed by atoms with Crippen molar-refractivity contribution in [2.24, 2.45) is 0 Å². The summed E-state index contributed by atoms with van der Waals surface area (Å²) in [5.74, 6) is -0.0639. The van der Waals surface area contributed by atoms with E-state index in [0.29, 0.717) is 11.3 Å². The molecule has 0 bridgehead atoms. The van der Waals surface area contributed by atoms with Gasteiger partial charge in [0.1, 0.15) is 24.2 Å². The third-order valence-corrected chi connectivity index (χ3v) is 3.89. The Labute approximate surface area is 154 Å². The molecule has 0 amide bonds. The number of rotatable bonds is 6. The van der Waals surface area contributed by atoms with Crippen LogP contribution in [-0.2, 0) is 6.61 Å². The number of benzene rings is 3. The molecule has 0 heterocycles. The van der Waals surface area contributed by atoms with E-state index in [-0.39, 0.29) is 12.2 Å². The molecule has 1 atom stereocenters. The van der Waals surface area contributed by atoms with Crippen molar-refractivity contribution in [3.05, 3.63) is 95.6 Å². The Balaban J connectivity index is 1.87. The van der Waals surface area contributed by atoms with Crippen molar-refractivity contribution in [1.29, 1.82) is 0 Å². The van der Waals surface area contributed by atoms with Crippen LogP contribution < -0.4 is 9.47 Å². The number of aliphatic hydroxyl groups is 1. The SMILES string of the molecule is OC(c1ccccc1OCc1ccccc1)c1ccccc1OC(F)(F)F. The van der Waals surface area contributed by atoms with E-state index in [9.17, 15) is 18.3 Å². The van der Waals surface area contributed by atoms with E-state index < -0.39 is 18.2 Å². The minimum atomic E-state index is -4.85. The predicted molar refractivity (Wildman–Crippen MR) is 94.4 cm³/mol. The molecule has 0 aliphatic carbocycles. The molecule has 3 aromatic rings. The normalized spacial score (nSPS) is 12.4. The summed E-state index contributed by atoms with van der Waals surface area (Å²) in [4.78, 5) is 0. The lowest BCUT2D eigenvalue weighted by atomic mass is 10.00. The highest BCUT2D eigenvalue weighted by Crippen LogP contribution is 2.36. The van der Waals surface area contributed by atoms with Crippen LogP contribution in [0.4, 0.5) is 13.2 Å². The molecular formula is C21H17F3O3. The smallest absolute Gasteiger partial charge is 0.489 e. The van der Waals surface area contributed by atoms with Gasteiger partial charge in [0.15, 0.2) is 0 Å². The second-order valence-electron chi connectivity index (χ2n) is 5.80. The van der Waals surface area contributed by atoms with Crippen LogP contribution in [0.1, 0.15) is 22.8 Å². The summed E-state index contributed by atoms with van der Waals surface area (Å²) < 4.78 is 47.8. The molecule has 140 valence electrons. The number of alkyl halides is 3. The number of aliphatic hydroxyl groups excluding tert-OH is 1. The van der Waals surface area contributed by atoms with Gasteiger partial charge in [0, 0.05) is 11.1 Å². The molecule has 3 rings (SSSR count). The first-order valence-corrected chi connectivity index (χ1v) is 8.22. The van der Waals surface area contributed by atoms with Gasteiger partial charge in [0.2, 0.25) is 0 Å². The summed E-state index contributed by atoms with van der Waals surface area (Å²) in [6.45, 7) is 0.269. The summed E-state index contributed by atoms with van der Waals surface area (Å²) in [7, 11) is 0. The summed E-state index contributed by atoms with van der Waals surface area (Å²) >= 11 is 0. The lowest BCUT2D eigenvalue weighted by Gasteiger charge is -2.20. The number of hydrogen-bond donors (Lipinski definition) is 1. The molecule has 1 N–H and O–H groups in total. The van der Waals surface area contributed by atoms with Crippen molar-refractivity contribution < 1.29 is 27.8 Å². The first-order valence-electron chi connectivity index (χ1n) is 8.22. The van der Waals surface area contributed by atoms with Crippen molar-refractivity contribution in [3.8, 4) is 11.5 Å². The monoisotopic (exact) mass is 374 g/mol. The molecule has 0 aromatic heterocycles. The number of para-hydroxylation sites is 2. The topological polar surface area (TPSA) is 38.7 Å². The van der Waals surface area contributed by atoms with Crippen LogP contribution in [0.3, 0.4) is 0 Å². The Morgan fingerprint density at radius 2 is 1.26 bits per heavy atom. The molecule has 0 fully saturated rings. The molecule has 1 unspecified atom stereocenters. The van der Waals surface area contributed by atoms with E-state index in [0.717, 1.165) is 5.56 Å². The Kier molecular flexibility index (Phi) is 5.66. The molecule has 6 heteroatoms. The summed E-state index contributed by atoms with van der Waals surface area (Å²) in [6.07, 6.45) is -6.19. The molecule has 0 aliphatic rings. The zero-order valence-electron chi connectivity index (χ0n) is 14.2. The average Bonchev–Trinajstić information content (AvgIpc) is 2.66. The lowest BCUT2D eigenvalue weighted by Crippen LogP contribution is -2.19. The van der Waals surface area contributed by atoms with Crippen molar-refractivity contribution in [1.82, 2.24) is 0 Å². The summed E-state index contributed by atoms with van der Waals surface area (Å²) in [5, 5.41) is 10.7. The van der Waals surface area contributed by atoms with Crippen LogP contribution in [0.25, 0.3) is 0 Å². The Hall–Kier alpha value is -2.99. The van der Waals surface area contributed by atoms with Crippen LogP contribution >= 0.6 is 0 Å². The minimum Gasteiger partial charge on any atom is -0.489 e. The van der Waals surface area contributed by atoms with Gasteiger partial charge in [0.25, 0.3) is 0 Å². The maximum Gasteiger partial charge on any atom is 0.573 e. The van der Waals surface area contributed by atoms with Crippen LogP contribution in [0.2, 0.25) is 0 Å². The van der Waals surface area contributed by atoms with Crippen molar-refractivity contribution in [3.63, 3.8) is 0 Å². The highest BCUT2D eigenvalue weighted by molar-refractivity contribution is 5.45. The fourth-order valence-electron chi connectivity index (χ4n) is 2.66. The minimum absolute atomic E-state index is 0.00517. The third kappa shape index (κ3) is 5.01. The fraction of sp³-hybridized carbons (Fsp3) is 0.143. The van der Waals surface area contributed by atoms with Gasteiger partial charge in [-0.2, -0.15) is 0 Å². The second kappa shape index (κ2) is 8.14. The van der Waals surface area contributed by atoms with Crippen molar-refractivity contribution in [2.45, 2.75) is 19.1 Å². The number of hydrogen-bond acceptors (Lipinski definition) is 3. The molecular weight excluding hydrogens is 357 g/mol. The van der Waals surface area contributed by atoms with Gasteiger partial charge in [-0.05, 0) is 17.7 Å². The Morgan fingerprint density at radius 1 is 0.741 bits per heavy atom. The molecule has 0 radical (unpaired) electrons. The van der Waals surface area contributed by atoms with Crippen LogP contribution in [0.15, 0.2) is 78.9 Å². The standard InChI is InChI=1S/C21H17F3O3/c22-21(23,24)27-19-13-7-5-11-17(19)20(25)16-10-4-6-12-18(16)26-14-15-8-2-1-3-9-15/h1-13,20,25H,14H2. The Morgan fingerprint density at radius 3 is 1.89 bits per heavy atom. The highest BCUT2D eigenvalue weighted by Gasteiger charge is 2.33. The van der Waals surface area contributed by atoms with Gasteiger partial charge in [-0.3, -0.25) is 0 Å². The average molecular weight is 374 g/mol. The van der Waals surface area contributed by atoms with E-state index in [1.165, 1.54) is 24.3 Å². The Bertz CT molecular complexity index is 879. The van der Waals surface area contributed by atoms with Gasteiger partial charge in [0.05, 0.1) is 0 Å². The molecule has 3 aromatic carbocycles. The van der Waals surface area contributed by atoms with Crippen LogP contribution in [0.5, 0.6) is 11.5 Å². The quantitative estimate of drug-likeness (QED) is 0.641. The van der Waals surface area contributed by atoms with Gasteiger partial charge < -0.3 is 14.6 Å². The second-order valence-corrected chi connectivity index (χ2v) is 5.80. The first-order chi connectivity index (χ1) is 12.9. The lowest BCUT2D eigenvalue weighted by molar-refractivity contribution is -0.275. The number of halogens is 3. The number of ether oxygens (including phenoxy) is 2. The summed E-state index contributed by atoms with van der Waals surface area (Å²) in [6, 6.07) is 21.6. The van der Waals surface area contributed by atoms with E-state index >= 15 is 0 Å². The maximum absolute atomic E-state index is 12.6. The molecule has 0 saturated heterocycles. The van der Waals surface area contributed by atoms with E-state index in [4.69, 9.17) is 4.74 Å². The van der Waals surface area contributed by atoms with E-state index in [1.54, 1.807) is 24.3 Å². The highest BCUT2D eigenvalue weighted by atomic mass is 19.4. The molecule has 0 spiro atoms. The largest absolute Gasteiger partial charge is 0.573 e.